The van der Waals surface area contributed by atoms with E-state index in [1.54, 1.807) is 24.3 Å². The monoisotopic (exact) mass is 355 g/mol. The molecule has 1 aliphatic heterocycles. The Morgan fingerprint density at radius 3 is 2.50 bits per heavy atom. The summed E-state index contributed by atoms with van der Waals surface area (Å²) < 4.78 is 15.4. The molecule has 26 heavy (non-hydrogen) atoms. The Kier molecular flexibility index (Phi) is 5.48. The number of ether oxygens (including phenoxy) is 3. The van der Waals surface area contributed by atoms with Gasteiger partial charge in [0.1, 0.15) is 19.0 Å². The van der Waals surface area contributed by atoms with E-state index in [9.17, 15) is 14.4 Å². The number of carbonyl (C=O) groups excluding carboxylic acids is 3. The molecule has 7 heteroatoms. The van der Waals surface area contributed by atoms with Crippen LogP contribution in [-0.4, -0.2) is 42.6 Å². The first-order valence-electron chi connectivity index (χ1n) is 8.05. The number of benzene rings is 2. The predicted molar refractivity (Wildman–Crippen MR) is 90.6 cm³/mol. The zero-order valence-electron chi connectivity index (χ0n) is 13.9. The van der Waals surface area contributed by atoms with E-state index in [1.807, 2.05) is 30.3 Å². The van der Waals surface area contributed by atoms with Crippen molar-refractivity contribution in [2.24, 2.45) is 0 Å². The van der Waals surface area contributed by atoms with E-state index in [0.29, 0.717) is 16.9 Å². The first-order chi connectivity index (χ1) is 12.6. The number of esters is 1. The molecule has 2 amide bonds. The molecule has 0 bridgehead atoms. The Bertz CT molecular complexity index is 805. The zero-order chi connectivity index (χ0) is 18.4. The normalized spacial score (nSPS) is 13.2. The maximum absolute atomic E-state index is 12.3. The van der Waals surface area contributed by atoms with Crippen LogP contribution < -0.4 is 4.74 Å². The molecule has 0 N–H and O–H groups in total. The van der Waals surface area contributed by atoms with Gasteiger partial charge in [-0.3, -0.25) is 4.79 Å². The fraction of sp³-hybridized carbons (Fsp3) is 0.211. The first-order valence-corrected chi connectivity index (χ1v) is 8.05. The summed E-state index contributed by atoms with van der Waals surface area (Å²) in [7, 11) is 0. The summed E-state index contributed by atoms with van der Waals surface area (Å²) in [6.45, 7) is -0.0294. The molecule has 1 fully saturated rings. The molecule has 7 nitrogen and oxygen atoms in total. The Morgan fingerprint density at radius 1 is 1.04 bits per heavy atom. The summed E-state index contributed by atoms with van der Waals surface area (Å²) in [4.78, 5) is 36.5. The van der Waals surface area contributed by atoms with E-state index in [1.165, 1.54) is 0 Å². The quantitative estimate of drug-likeness (QED) is 0.740. The SMILES string of the molecule is O=C(OCC(=O)N1CCOC1=O)c1ccccc1COc1ccccc1. The molecule has 0 aliphatic carbocycles. The summed E-state index contributed by atoms with van der Waals surface area (Å²) in [5, 5.41) is 0. The largest absolute Gasteiger partial charge is 0.489 e. The highest BCUT2D eigenvalue weighted by Gasteiger charge is 2.29. The third-order valence-corrected chi connectivity index (χ3v) is 3.76. The number of para-hydroxylation sites is 1. The third kappa shape index (κ3) is 4.18. The van der Waals surface area contributed by atoms with Crippen LogP contribution in [0.2, 0.25) is 0 Å². The lowest BCUT2D eigenvalue weighted by atomic mass is 10.1. The Morgan fingerprint density at radius 2 is 1.77 bits per heavy atom. The highest BCUT2D eigenvalue weighted by molar-refractivity contribution is 5.96. The highest BCUT2D eigenvalue weighted by Crippen LogP contribution is 2.16. The van der Waals surface area contributed by atoms with Gasteiger partial charge < -0.3 is 14.2 Å². The fourth-order valence-electron chi connectivity index (χ4n) is 2.43. The summed E-state index contributed by atoms with van der Waals surface area (Å²) >= 11 is 0. The van der Waals surface area contributed by atoms with E-state index >= 15 is 0 Å². The molecule has 2 aromatic rings. The average molecular weight is 355 g/mol. The molecule has 2 aromatic carbocycles. The van der Waals surface area contributed by atoms with Crippen LogP contribution in [0.3, 0.4) is 0 Å². The van der Waals surface area contributed by atoms with Crippen molar-refractivity contribution in [1.82, 2.24) is 4.90 Å². The minimum atomic E-state index is -0.720. The second kappa shape index (κ2) is 8.15. The number of rotatable bonds is 6. The third-order valence-electron chi connectivity index (χ3n) is 3.76. The molecule has 0 saturated carbocycles. The number of amides is 2. The minimum Gasteiger partial charge on any atom is -0.489 e. The van der Waals surface area contributed by atoms with Gasteiger partial charge in [-0.05, 0) is 18.2 Å². The van der Waals surface area contributed by atoms with Crippen molar-refractivity contribution >= 4 is 18.0 Å². The van der Waals surface area contributed by atoms with E-state index < -0.39 is 24.6 Å². The number of nitrogens with zero attached hydrogens (tertiary/aromatic N) is 1. The van der Waals surface area contributed by atoms with Gasteiger partial charge in [0.2, 0.25) is 0 Å². The summed E-state index contributed by atoms with van der Waals surface area (Å²) in [5.74, 6) is -0.588. The molecular weight excluding hydrogens is 338 g/mol. The molecule has 0 unspecified atom stereocenters. The van der Waals surface area contributed by atoms with Crippen LogP contribution >= 0.6 is 0 Å². The Hall–Kier alpha value is -3.35. The molecule has 0 radical (unpaired) electrons. The average Bonchev–Trinajstić information content (AvgIpc) is 3.11. The Labute approximate surface area is 150 Å². The van der Waals surface area contributed by atoms with Crippen molar-refractivity contribution in [3.63, 3.8) is 0 Å². The smallest absolute Gasteiger partial charge is 0.416 e. The van der Waals surface area contributed by atoms with Crippen molar-refractivity contribution in [1.29, 1.82) is 0 Å². The van der Waals surface area contributed by atoms with Crippen molar-refractivity contribution in [2.75, 3.05) is 19.8 Å². The maximum Gasteiger partial charge on any atom is 0.416 e. The molecule has 0 spiro atoms. The Balaban J connectivity index is 1.60. The molecule has 0 atom stereocenters. The van der Waals surface area contributed by atoms with Gasteiger partial charge >= 0.3 is 12.1 Å². The topological polar surface area (TPSA) is 82.1 Å². The van der Waals surface area contributed by atoms with Gasteiger partial charge in [-0.25, -0.2) is 14.5 Å². The molecule has 1 saturated heterocycles. The standard InChI is InChI=1S/C19H17NO6/c21-17(20-10-11-24-19(20)23)13-26-18(22)16-9-5-4-6-14(16)12-25-15-7-2-1-3-8-15/h1-9H,10-13H2. The van der Waals surface area contributed by atoms with Gasteiger partial charge in [0.25, 0.3) is 5.91 Å². The summed E-state index contributed by atoms with van der Waals surface area (Å²) in [6, 6.07) is 16.0. The molecule has 0 aromatic heterocycles. The predicted octanol–water partition coefficient (Wildman–Crippen LogP) is 2.40. The van der Waals surface area contributed by atoms with E-state index in [0.717, 1.165) is 4.90 Å². The first kappa shape index (κ1) is 17.5. The van der Waals surface area contributed by atoms with Crippen molar-refractivity contribution in [2.45, 2.75) is 6.61 Å². The lowest BCUT2D eigenvalue weighted by molar-refractivity contribution is -0.131. The van der Waals surface area contributed by atoms with Crippen LogP contribution in [0.15, 0.2) is 54.6 Å². The van der Waals surface area contributed by atoms with E-state index in [-0.39, 0.29) is 19.8 Å². The van der Waals surface area contributed by atoms with Crippen LogP contribution in [0.1, 0.15) is 15.9 Å². The van der Waals surface area contributed by atoms with Gasteiger partial charge in [-0.2, -0.15) is 0 Å². The molecule has 1 aliphatic rings. The van der Waals surface area contributed by atoms with Gasteiger partial charge in [0.15, 0.2) is 6.61 Å². The van der Waals surface area contributed by atoms with Crippen LogP contribution in [0.25, 0.3) is 0 Å². The van der Waals surface area contributed by atoms with Crippen LogP contribution in [0.4, 0.5) is 4.79 Å². The number of carbonyl (C=O) groups is 3. The molecule has 3 rings (SSSR count). The van der Waals surface area contributed by atoms with Crippen molar-refractivity contribution < 1.29 is 28.6 Å². The molecular formula is C19H17NO6. The number of imide groups is 1. The minimum absolute atomic E-state index is 0.151. The molecule has 1 heterocycles. The van der Waals surface area contributed by atoms with Crippen LogP contribution in [0.5, 0.6) is 5.75 Å². The lowest BCUT2D eigenvalue weighted by Crippen LogP contribution is -2.35. The summed E-state index contributed by atoms with van der Waals surface area (Å²) in [6.07, 6.45) is -0.720. The fourth-order valence-corrected chi connectivity index (χ4v) is 2.43. The van der Waals surface area contributed by atoms with Gasteiger partial charge in [0.05, 0.1) is 12.1 Å². The van der Waals surface area contributed by atoms with Gasteiger partial charge in [-0.15, -0.1) is 0 Å². The van der Waals surface area contributed by atoms with Gasteiger partial charge in [0, 0.05) is 5.56 Å². The highest BCUT2D eigenvalue weighted by atomic mass is 16.6. The molecule has 134 valence electrons. The van der Waals surface area contributed by atoms with Crippen LogP contribution in [-0.2, 0) is 20.9 Å². The lowest BCUT2D eigenvalue weighted by Gasteiger charge is -2.13. The second-order valence-corrected chi connectivity index (χ2v) is 5.49. The summed E-state index contributed by atoms with van der Waals surface area (Å²) in [5.41, 5.74) is 0.939. The van der Waals surface area contributed by atoms with E-state index in [4.69, 9.17) is 9.47 Å². The van der Waals surface area contributed by atoms with Gasteiger partial charge in [-0.1, -0.05) is 36.4 Å². The second-order valence-electron chi connectivity index (χ2n) is 5.49. The maximum atomic E-state index is 12.3. The number of cyclic esters (lactones) is 1. The number of hydrogen-bond acceptors (Lipinski definition) is 6. The zero-order valence-corrected chi connectivity index (χ0v) is 13.9. The van der Waals surface area contributed by atoms with Crippen LogP contribution in [0, 0.1) is 0 Å². The van der Waals surface area contributed by atoms with E-state index in [2.05, 4.69) is 4.74 Å². The van der Waals surface area contributed by atoms with Crippen molar-refractivity contribution in [3.8, 4) is 5.75 Å². The van der Waals surface area contributed by atoms with Crippen molar-refractivity contribution in [3.05, 3.63) is 65.7 Å². The number of hydrogen-bond donors (Lipinski definition) is 0.